The van der Waals surface area contributed by atoms with E-state index in [0.717, 1.165) is 5.69 Å². The van der Waals surface area contributed by atoms with E-state index in [1.807, 2.05) is 13.0 Å². The van der Waals surface area contributed by atoms with Gasteiger partial charge in [-0.15, -0.1) is 0 Å². The van der Waals surface area contributed by atoms with Crippen LogP contribution in [0, 0.1) is 0 Å². The van der Waals surface area contributed by atoms with E-state index in [4.69, 9.17) is 9.47 Å². The molecule has 25 heavy (non-hydrogen) atoms. The van der Waals surface area contributed by atoms with Crippen molar-refractivity contribution in [2.24, 2.45) is 0 Å². The molecule has 1 unspecified atom stereocenters. The number of benzene rings is 1. The molecule has 0 fully saturated rings. The fraction of sp³-hybridized carbons (Fsp3) is 0.333. The number of halogens is 1. The Morgan fingerprint density at radius 2 is 2.24 bits per heavy atom. The topological polar surface area (TPSA) is 71.9 Å². The maximum absolute atomic E-state index is 13.1. The van der Waals surface area contributed by atoms with E-state index >= 15 is 0 Å². The van der Waals surface area contributed by atoms with Crippen LogP contribution in [-0.2, 0) is 6.61 Å². The molecule has 1 N–H and O–H groups in total. The minimum atomic E-state index is -0.242. The summed E-state index contributed by atoms with van der Waals surface area (Å²) in [5.41, 5.74) is 1.83. The SMILES string of the molecule is COc1ccnc(C(C)N2CCOc3c(Br)cc(CO)cc3C2=O)c1. The number of hydrogen-bond donors (Lipinski definition) is 1. The van der Waals surface area contributed by atoms with Crippen LogP contribution in [0.1, 0.15) is 34.6 Å². The van der Waals surface area contributed by atoms with Crippen molar-refractivity contribution in [1.82, 2.24) is 9.88 Å². The molecular weight excluding hydrogens is 388 g/mol. The molecule has 1 aromatic heterocycles. The largest absolute Gasteiger partial charge is 0.497 e. The summed E-state index contributed by atoms with van der Waals surface area (Å²) in [5.74, 6) is 1.05. The highest BCUT2D eigenvalue weighted by atomic mass is 79.9. The molecule has 1 aliphatic rings. The first-order chi connectivity index (χ1) is 12.0. The normalized spacial score (nSPS) is 15.2. The summed E-state index contributed by atoms with van der Waals surface area (Å²) in [6.07, 6.45) is 1.66. The number of aliphatic hydroxyl groups excluding tert-OH is 1. The third-order valence-electron chi connectivity index (χ3n) is 4.24. The number of pyridine rings is 1. The Hall–Kier alpha value is -2.12. The minimum Gasteiger partial charge on any atom is -0.497 e. The van der Waals surface area contributed by atoms with Crippen molar-refractivity contribution >= 4 is 21.8 Å². The Balaban J connectivity index is 1.98. The number of rotatable bonds is 4. The van der Waals surface area contributed by atoms with E-state index in [9.17, 15) is 9.90 Å². The molecule has 1 amide bonds. The number of nitrogens with zero attached hydrogens (tertiary/aromatic N) is 2. The summed E-state index contributed by atoms with van der Waals surface area (Å²) in [5, 5.41) is 9.42. The van der Waals surface area contributed by atoms with E-state index < -0.39 is 0 Å². The van der Waals surface area contributed by atoms with Crippen LogP contribution in [0.2, 0.25) is 0 Å². The molecule has 0 bridgehead atoms. The van der Waals surface area contributed by atoms with Crippen LogP contribution in [0.4, 0.5) is 0 Å². The van der Waals surface area contributed by atoms with Crippen LogP contribution in [0.15, 0.2) is 34.9 Å². The van der Waals surface area contributed by atoms with Gasteiger partial charge in [-0.05, 0) is 46.6 Å². The molecule has 1 atom stereocenters. The van der Waals surface area contributed by atoms with Gasteiger partial charge in [0.2, 0.25) is 0 Å². The smallest absolute Gasteiger partial charge is 0.258 e. The second-order valence-corrected chi connectivity index (χ2v) is 6.61. The maximum atomic E-state index is 13.1. The monoisotopic (exact) mass is 406 g/mol. The van der Waals surface area contributed by atoms with Gasteiger partial charge in [0.1, 0.15) is 18.1 Å². The van der Waals surface area contributed by atoms with E-state index in [2.05, 4.69) is 20.9 Å². The molecule has 3 rings (SSSR count). The third-order valence-corrected chi connectivity index (χ3v) is 4.83. The van der Waals surface area contributed by atoms with Crippen molar-refractivity contribution in [3.8, 4) is 11.5 Å². The Morgan fingerprint density at radius 3 is 2.96 bits per heavy atom. The fourth-order valence-corrected chi connectivity index (χ4v) is 3.48. The maximum Gasteiger partial charge on any atom is 0.258 e. The predicted octanol–water partition coefficient (Wildman–Crippen LogP) is 2.94. The van der Waals surface area contributed by atoms with Crippen LogP contribution < -0.4 is 9.47 Å². The van der Waals surface area contributed by atoms with Gasteiger partial charge in [-0.1, -0.05) is 0 Å². The zero-order valence-electron chi connectivity index (χ0n) is 14.0. The van der Waals surface area contributed by atoms with Crippen molar-refractivity contribution in [2.45, 2.75) is 19.6 Å². The highest BCUT2D eigenvalue weighted by Crippen LogP contribution is 2.35. The summed E-state index contributed by atoms with van der Waals surface area (Å²) >= 11 is 3.42. The first-order valence-corrected chi connectivity index (χ1v) is 8.71. The summed E-state index contributed by atoms with van der Waals surface area (Å²) in [4.78, 5) is 19.2. The van der Waals surface area contributed by atoms with E-state index in [1.54, 1.807) is 36.4 Å². The molecule has 0 radical (unpaired) electrons. The van der Waals surface area contributed by atoms with Crippen LogP contribution in [-0.4, -0.2) is 41.2 Å². The van der Waals surface area contributed by atoms with Gasteiger partial charge >= 0.3 is 0 Å². The van der Waals surface area contributed by atoms with Gasteiger partial charge in [0, 0.05) is 12.3 Å². The minimum absolute atomic E-state index is 0.147. The van der Waals surface area contributed by atoms with Gasteiger partial charge in [-0.3, -0.25) is 9.78 Å². The molecule has 1 aromatic carbocycles. The van der Waals surface area contributed by atoms with Crippen molar-refractivity contribution < 1.29 is 19.4 Å². The van der Waals surface area contributed by atoms with Gasteiger partial charge in [0.05, 0.1) is 42.0 Å². The van der Waals surface area contributed by atoms with Gasteiger partial charge in [-0.2, -0.15) is 0 Å². The summed E-state index contributed by atoms with van der Waals surface area (Å²) in [6, 6.07) is 6.78. The van der Waals surface area contributed by atoms with E-state index in [0.29, 0.717) is 40.3 Å². The van der Waals surface area contributed by atoms with Crippen molar-refractivity contribution in [2.75, 3.05) is 20.3 Å². The Kier molecular flexibility index (Phi) is 5.24. The van der Waals surface area contributed by atoms with Crippen LogP contribution in [0.25, 0.3) is 0 Å². The highest BCUT2D eigenvalue weighted by Gasteiger charge is 2.30. The lowest BCUT2D eigenvalue weighted by Gasteiger charge is -2.27. The molecular formula is C18H19BrN2O4. The average Bonchev–Trinajstić information content (AvgIpc) is 2.80. The quantitative estimate of drug-likeness (QED) is 0.844. The molecule has 7 heteroatoms. The van der Waals surface area contributed by atoms with Gasteiger partial charge in [-0.25, -0.2) is 0 Å². The highest BCUT2D eigenvalue weighted by molar-refractivity contribution is 9.10. The number of aromatic nitrogens is 1. The van der Waals surface area contributed by atoms with E-state index in [1.165, 1.54) is 0 Å². The van der Waals surface area contributed by atoms with Crippen LogP contribution in [0.5, 0.6) is 11.5 Å². The first kappa shape index (κ1) is 17.7. The van der Waals surface area contributed by atoms with E-state index in [-0.39, 0.29) is 18.6 Å². The Bertz CT molecular complexity index is 797. The Morgan fingerprint density at radius 1 is 1.44 bits per heavy atom. The molecule has 0 saturated heterocycles. The number of amides is 1. The third kappa shape index (κ3) is 3.48. The lowest BCUT2D eigenvalue weighted by molar-refractivity contribution is 0.0684. The summed E-state index contributed by atoms with van der Waals surface area (Å²) in [6.45, 7) is 2.60. The van der Waals surface area contributed by atoms with Crippen LogP contribution >= 0.6 is 15.9 Å². The standard InChI is InChI=1S/C18H19BrN2O4/c1-11(16-9-13(24-2)3-4-20-16)21-5-6-25-17-14(18(21)23)7-12(10-22)8-15(17)19/h3-4,7-9,11,22H,5-6,10H2,1-2H3. The predicted molar refractivity (Wildman–Crippen MR) is 95.8 cm³/mol. The summed E-state index contributed by atoms with van der Waals surface area (Å²) in [7, 11) is 1.60. The van der Waals surface area contributed by atoms with Crippen LogP contribution in [0.3, 0.4) is 0 Å². The van der Waals surface area contributed by atoms with Crippen molar-refractivity contribution in [3.63, 3.8) is 0 Å². The molecule has 6 nitrogen and oxygen atoms in total. The molecule has 0 saturated carbocycles. The number of methoxy groups -OCH3 is 1. The van der Waals surface area contributed by atoms with Gasteiger partial charge in [0.15, 0.2) is 0 Å². The van der Waals surface area contributed by atoms with Gasteiger partial charge in [0.25, 0.3) is 5.91 Å². The molecule has 2 aromatic rings. The molecule has 132 valence electrons. The molecule has 2 heterocycles. The first-order valence-electron chi connectivity index (χ1n) is 7.92. The van der Waals surface area contributed by atoms with Crippen molar-refractivity contribution in [3.05, 3.63) is 51.8 Å². The number of carbonyl (C=O) groups is 1. The molecule has 0 aliphatic carbocycles. The molecule has 0 spiro atoms. The fourth-order valence-electron chi connectivity index (χ4n) is 2.86. The number of carbonyl (C=O) groups excluding carboxylic acids is 1. The number of fused-ring (bicyclic) bond motifs is 1. The zero-order chi connectivity index (χ0) is 18.0. The lowest BCUT2D eigenvalue weighted by Crippen LogP contribution is -2.35. The number of hydrogen-bond acceptors (Lipinski definition) is 5. The second-order valence-electron chi connectivity index (χ2n) is 5.76. The molecule has 1 aliphatic heterocycles. The average molecular weight is 407 g/mol. The van der Waals surface area contributed by atoms with Gasteiger partial charge < -0.3 is 19.5 Å². The van der Waals surface area contributed by atoms with Crippen molar-refractivity contribution in [1.29, 1.82) is 0 Å². The lowest BCUT2D eigenvalue weighted by atomic mass is 10.1. The zero-order valence-corrected chi connectivity index (χ0v) is 15.6. The second kappa shape index (κ2) is 7.41. The number of ether oxygens (including phenoxy) is 2. The summed E-state index contributed by atoms with van der Waals surface area (Å²) < 4.78 is 11.7. The number of aliphatic hydroxyl groups is 1. The Labute approximate surface area is 154 Å².